The lowest BCUT2D eigenvalue weighted by atomic mass is 9.97. The zero-order valence-electron chi connectivity index (χ0n) is 9.83. The van der Waals surface area contributed by atoms with E-state index >= 15 is 0 Å². The van der Waals surface area contributed by atoms with Crippen molar-refractivity contribution in [3.8, 4) is 0 Å². The Morgan fingerprint density at radius 2 is 1.56 bits per heavy atom. The van der Waals surface area contributed by atoms with Crippen LogP contribution in [-0.4, -0.2) is 0 Å². The van der Waals surface area contributed by atoms with E-state index in [0.717, 1.165) is 12.1 Å². The summed E-state index contributed by atoms with van der Waals surface area (Å²) in [5.74, 6) is 0. The topological polar surface area (TPSA) is 26.0 Å². The molecule has 0 amide bonds. The molecule has 1 nitrogen and oxygen atoms in total. The van der Waals surface area contributed by atoms with Crippen LogP contribution < -0.4 is 5.73 Å². The molecule has 0 aromatic heterocycles. The summed E-state index contributed by atoms with van der Waals surface area (Å²) in [5.41, 5.74) is 12.1. The molecule has 0 aliphatic carbocycles. The third-order valence-electron chi connectivity index (χ3n) is 3.15. The Morgan fingerprint density at radius 3 is 2.31 bits per heavy atom. The molecule has 0 spiro atoms. The summed E-state index contributed by atoms with van der Waals surface area (Å²) in [5, 5.41) is 0. The molecule has 1 heteroatoms. The summed E-state index contributed by atoms with van der Waals surface area (Å²) in [4.78, 5) is 0. The highest BCUT2D eigenvalue weighted by molar-refractivity contribution is 5.49. The van der Waals surface area contributed by atoms with Crippen LogP contribution in [-0.2, 0) is 6.42 Å². The minimum absolute atomic E-state index is 0.878. The number of aryl methyl sites for hydroxylation is 1. The van der Waals surface area contributed by atoms with Gasteiger partial charge >= 0.3 is 0 Å². The first-order valence-corrected chi connectivity index (χ1v) is 5.57. The molecular formula is C15H17N. The van der Waals surface area contributed by atoms with Crippen LogP contribution in [0.25, 0.3) is 0 Å². The van der Waals surface area contributed by atoms with Crippen molar-refractivity contribution in [1.29, 1.82) is 0 Å². The second-order valence-electron chi connectivity index (χ2n) is 4.23. The molecule has 0 saturated heterocycles. The molecule has 0 bridgehead atoms. The summed E-state index contributed by atoms with van der Waals surface area (Å²) in [7, 11) is 0. The largest absolute Gasteiger partial charge is 0.398 e. The van der Waals surface area contributed by atoms with Gasteiger partial charge in [-0.3, -0.25) is 0 Å². The highest BCUT2D eigenvalue weighted by Crippen LogP contribution is 2.20. The van der Waals surface area contributed by atoms with Crippen molar-refractivity contribution in [1.82, 2.24) is 0 Å². The van der Waals surface area contributed by atoms with Crippen molar-refractivity contribution in [3.05, 3.63) is 64.7 Å². The normalized spacial score (nSPS) is 10.4. The molecule has 0 aliphatic rings. The molecule has 0 atom stereocenters. The average molecular weight is 211 g/mol. The molecule has 2 aromatic rings. The van der Waals surface area contributed by atoms with E-state index in [2.05, 4.69) is 38.1 Å². The van der Waals surface area contributed by atoms with E-state index in [1.54, 1.807) is 0 Å². The van der Waals surface area contributed by atoms with Gasteiger partial charge in [-0.2, -0.15) is 0 Å². The Balaban J connectivity index is 2.35. The average Bonchev–Trinajstić information content (AvgIpc) is 2.28. The monoisotopic (exact) mass is 211 g/mol. The zero-order chi connectivity index (χ0) is 11.5. The molecule has 0 unspecified atom stereocenters. The fraction of sp³-hybridized carbons (Fsp3) is 0.200. The van der Waals surface area contributed by atoms with E-state index in [-0.39, 0.29) is 0 Å². The number of nitrogen functional groups attached to an aromatic ring is 1. The molecule has 0 radical (unpaired) electrons. The van der Waals surface area contributed by atoms with Crippen molar-refractivity contribution in [2.45, 2.75) is 20.3 Å². The maximum atomic E-state index is 5.96. The lowest BCUT2D eigenvalue weighted by Gasteiger charge is -2.10. The van der Waals surface area contributed by atoms with Gasteiger partial charge in [0.1, 0.15) is 0 Å². The lowest BCUT2D eigenvalue weighted by molar-refractivity contribution is 1.14. The standard InChI is InChI=1S/C15H17N/c1-11-6-5-8-13(12(11)2)10-14-7-3-4-9-15(14)16/h3-9H,10,16H2,1-2H3. The van der Waals surface area contributed by atoms with Crippen molar-refractivity contribution >= 4 is 5.69 Å². The van der Waals surface area contributed by atoms with Crippen LogP contribution in [0.15, 0.2) is 42.5 Å². The minimum Gasteiger partial charge on any atom is -0.398 e. The number of hydrogen-bond acceptors (Lipinski definition) is 1. The highest BCUT2D eigenvalue weighted by Gasteiger charge is 2.03. The summed E-state index contributed by atoms with van der Waals surface area (Å²) < 4.78 is 0. The quantitative estimate of drug-likeness (QED) is 0.756. The number of benzene rings is 2. The second kappa shape index (κ2) is 4.40. The van der Waals surface area contributed by atoms with Crippen molar-refractivity contribution in [2.75, 3.05) is 5.73 Å². The Bertz CT molecular complexity index is 501. The fourth-order valence-corrected chi connectivity index (χ4v) is 1.90. The minimum atomic E-state index is 0.878. The van der Waals surface area contributed by atoms with Gasteiger partial charge in [0.05, 0.1) is 0 Å². The van der Waals surface area contributed by atoms with E-state index in [4.69, 9.17) is 5.73 Å². The first-order chi connectivity index (χ1) is 7.68. The van der Waals surface area contributed by atoms with Gasteiger partial charge in [0, 0.05) is 5.69 Å². The Morgan fingerprint density at radius 1 is 0.875 bits per heavy atom. The number of anilines is 1. The summed E-state index contributed by atoms with van der Waals surface area (Å²) in [6.07, 6.45) is 0.917. The molecule has 0 fully saturated rings. The Hall–Kier alpha value is -1.76. The van der Waals surface area contributed by atoms with Gasteiger partial charge in [-0.15, -0.1) is 0 Å². The van der Waals surface area contributed by atoms with Crippen LogP contribution >= 0.6 is 0 Å². The van der Waals surface area contributed by atoms with Crippen molar-refractivity contribution < 1.29 is 0 Å². The van der Waals surface area contributed by atoms with Gasteiger partial charge in [-0.05, 0) is 48.6 Å². The predicted molar refractivity (Wildman–Crippen MR) is 69.6 cm³/mol. The first kappa shape index (κ1) is 10.7. The Labute approximate surface area is 96.9 Å². The predicted octanol–water partition coefficient (Wildman–Crippen LogP) is 3.48. The second-order valence-corrected chi connectivity index (χ2v) is 4.23. The summed E-state index contributed by atoms with van der Waals surface area (Å²) in [6.45, 7) is 4.32. The van der Waals surface area contributed by atoms with E-state index < -0.39 is 0 Å². The van der Waals surface area contributed by atoms with Gasteiger partial charge in [0.2, 0.25) is 0 Å². The number of hydrogen-bond donors (Lipinski definition) is 1. The van der Waals surface area contributed by atoms with Crippen LogP contribution in [0.5, 0.6) is 0 Å². The van der Waals surface area contributed by atoms with Gasteiger partial charge in [0.15, 0.2) is 0 Å². The third-order valence-corrected chi connectivity index (χ3v) is 3.15. The van der Waals surface area contributed by atoms with Crippen LogP contribution in [0.2, 0.25) is 0 Å². The summed E-state index contributed by atoms with van der Waals surface area (Å²) >= 11 is 0. The molecular weight excluding hydrogens is 194 g/mol. The van der Waals surface area contributed by atoms with Gasteiger partial charge < -0.3 is 5.73 Å². The van der Waals surface area contributed by atoms with Crippen molar-refractivity contribution in [3.63, 3.8) is 0 Å². The molecule has 0 aliphatic heterocycles. The first-order valence-electron chi connectivity index (χ1n) is 5.57. The highest BCUT2D eigenvalue weighted by atomic mass is 14.6. The number of nitrogens with two attached hydrogens (primary N) is 1. The molecule has 0 saturated carbocycles. The fourth-order valence-electron chi connectivity index (χ4n) is 1.90. The van der Waals surface area contributed by atoms with Gasteiger partial charge in [-0.1, -0.05) is 36.4 Å². The molecule has 82 valence electrons. The number of rotatable bonds is 2. The van der Waals surface area contributed by atoms with Crippen LogP contribution in [0.1, 0.15) is 22.3 Å². The van der Waals surface area contributed by atoms with Crippen LogP contribution in [0.3, 0.4) is 0 Å². The zero-order valence-corrected chi connectivity index (χ0v) is 9.83. The van der Waals surface area contributed by atoms with Gasteiger partial charge in [0.25, 0.3) is 0 Å². The van der Waals surface area contributed by atoms with Crippen molar-refractivity contribution in [2.24, 2.45) is 0 Å². The molecule has 2 N–H and O–H groups in total. The molecule has 0 heterocycles. The molecule has 16 heavy (non-hydrogen) atoms. The van der Waals surface area contributed by atoms with Gasteiger partial charge in [-0.25, -0.2) is 0 Å². The number of para-hydroxylation sites is 1. The third kappa shape index (κ3) is 2.08. The SMILES string of the molecule is Cc1cccc(Cc2ccccc2N)c1C. The van der Waals surface area contributed by atoms with Crippen LogP contribution in [0.4, 0.5) is 5.69 Å². The maximum absolute atomic E-state index is 5.96. The molecule has 2 aromatic carbocycles. The lowest BCUT2D eigenvalue weighted by Crippen LogP contribution is -1.98. The van der Waals surface area contributed by atoms with Crippen LogP contribution in [0, 0.1) is 13.8 Å². The van der Waals surface area contributed by atoms with E-state index in [9.17, 15) is 0 Å². The maximum Gasteiger partial charge on any atom is 0.0349 e. The van der Waals surface area contributed by atoms with E-state index in [1.807, 2.05) is 18.2 Å². The smallest absolute Gasteiger partial charge is 0.0349 e. The van der Waals surface area contributed by atoms with E-state index in [0.29, 0.717) is 0 Å². The van der Waals surface area contributed by atoms with E-state index in [1.165, 1.54) is 22.3 Å². The Kier molecular flexibility index (Phi) is 2.95. The summed E-state index contributed by atoms with van der Waals surface area (Å²) in [6, 6.07) is 14.5. The molecule has 2 rings (SSSR count).